The van der Waals surface area contributed by atoms with Gasteiger partial charge in [-0.05, 0) is 36.2 Å². The number of amides is 3. The SMILES string of the molecule is CCc1cccc(OCC(=O)NNC(=O)CN2C(=O)COc3ccccc32)c1. The average Bonchev–Trinajstić information content (AvgIpc) is 2.73. The Balaban J connectivity index is 1.47. The first-order chi connectivity index (χ1) is 13.6. The maximum atomic E-state index is 12.1. The van der Waals surface area contributed by atoms with Crippen molar-refractivity contribution in [3.05, 3.63) is 54.1 Å². The third-order valence-electron chi connectivity index (χ3n) is 4.13. The molecule has 3 rings (SSSR count). The minimum Gasteiger partial charge on any atom is -0.484 e. The van der Waals surface area contributed by atoms with E-state index in [2.05, 4.69) is 10.9 Å². The van der Waals surface area contributed by atoms with Crippen molar-refractivity contribution >= 4 is 23.4 Å². The van der Waals surface area contributed by atoms with Crippen LogP contribution in [0, 0.1) is 0 Å². The largest absolute Gasteiger partial charge is 0.484 e. The van der Waals surface area contributed by atoms with Crippen LogP contribution in [0.15, 0.2) is 48.5 Å². The van der Waals surface area contributed by atoms with Crippen molar-refractivity contribution in [2.24, 2.45) is 0 Å². The highest BCUT2D eigenvalue weighted by molar-refractivity contribution is 6.02. The second-order valence-corrected chi connectivity index (χ2v) is 6.12. The molecule has 0 spiro atoms. The topological polar surface area (TPSA) is 97.0 Å². The summed E-state index contributed by atoms with van der Waals surface area (Å²) in [6.45, 7) is 1.41. The minimum atomic E-state index is -0.536. The van der Waals surface area contributed by atoms with Gasteiger partial charge >= 0.3 is 0 Å². The monoisotopic (exact) mass is 383 g/mol. The van der Waals surface area contributed by atoms with Crippen LogP contribution in [0.3, 0.4) is 0 Å². The van der Waals surface area contributed by atoms with E-state index in [1.54, 1.807) is 30.3 Å². The summed E-state index contributed by atoms with van der Waals surface area (Å²) in [5, 5.41) is 0. The summed E-state index contributed by atoms with van der Waals surface area (Å²) in [5.41, 5.74) is 6.18. The number of nitrogens with zero attached hydrogens (tertiary/aromatic N) is 1. The number of aryl methyl sites for hydroxylation is 1. The van der Waals surface area contributed by atoms with Gasteiger partial charge in [0, 0.05) is 0 Å². The van der Waals surface area contributed by atoms with E-state index in [1.165, 1.54) is 4.90 Å². The fraction of sp³-hybridized carbons (Fsp3) is 0.250. The van der Waals surface area contributed by atoms with Crippen molar-refractivity contribution in [3.8, 4) is 11.5 Å². The van der Waals surface area contributed by atoms with Gasteiger partial charge in [-0.15, -0.1) is 0 Å². The number of hydrazine groups is 1. The predicted molar refractivity (Wildman–Crippen MR) is 102 cm³/mol. The van der Waals surface area contributed by atoms with Crippen LogP contribution < -0.4 is 25.2 Å². The molecule has 0 saturated heterocycles. The van der Waals surface area contributed by atoms with Crippen molar-refractivity contribution in [1.29, 1.82) is 0 Å². The number of para-hydroxylation sites is 2. The molecule has 1 aliphatic rings. The maximum Gasteiger partial charge on any atom is 0.276 e. The van der Waals surface area contributed by atoms with E-state index in [0.29, 0.717) is 17.2 Å². The molecule has 0 atom stereocenters. The summed E-state index contributed by atoms with van der Waals surface area (Å²) < 4.78 is 10.7. The van der Waals surface area contributed by atoms with Gasteiger partial charge in [0.25, 0.3) is 17.7 Å². The first-order valence-corrected chi connectivity index (χ1v) is 8.88. The Morgan fingerprint density at radius 3 is 2.71 bits per heavy atom. The molecule has 0 saturated carbocycles. The summed E-state index contributed by atoms with van der Waals surface area (Å²) in [4.78, 5) is 37.4. The number of carbonyl (C=O) groups is 3. The summed E-state index contributed by atoms with van der Waals surface area (Å²) in [5.74, 6) is -0.271. The van der Waals surface area contributed by atoms with Gasteiger partial charge in [-0.3, -0.25) is 30.1 Å². The van der Waals surface area contributed by atoms with Crippen LogP contribution in [0.25, 0.3) is 0 Å². The molecule has 146 valence electrons. The number of benzene rings is 2. The van der Waals surface area contributed by atoms with Crippen molar-refractivity contribution in [2.45, 2.75) is 13.3 Å². The molecule has 3 amide bonds. The molecule has 8 nitrogen and oxygen atoms in total. The summed E-state index contributed by atoms with van der Waals surface area (Å²) in [6.07, 6.45) is 0.864. The third-order valence-corrected chi connectivity index (χ3v) is 4.13. The van der Waals surface area contributed by atoms with Crippen LogP contribution in [0.1, 0.15) is 12.5 Å². The molecule has 0 bridgehead atoms. The fourth-order valence-electron chi connectivity index (χ4n) is 2.69. The number of nitrogens with one attached hydrogen (secondary N) is 2. The molecule has 2 N–H and O–H groups in total. The number of hydrogen-bond donors (Lipinski definition) is 2. The number of rotatable bonds is 6. The Morgan fingerprint density at radius 1 is 1.11 bits per heavy atom. The maximum absolute atomic E-state index is 12.1. The van der Waals surface area contributed by atoms with Crippen molar-refractivity contribution in [2.75, 3.05) is 24.7 Å². The van der Waals surface area contributed by atoms with Gasteiger partial charge in [0.1, 0.15) is 18.0 Å². The van der Waals surface area contributed by atoms with Gasteiger partial charge in [0.15, 0.2) is 13.2 Å². The van der Waals surface area contributed by atoms with E-state index in [4.69, 9.17) is 9.47 Å². The molecule has 2 aromatic carbocycles. The zero-order chi connectivity index (χ0) is 19.9. The van der Waals surface area contributed by atoms with E-state index >= 15 is 0 Å². The highest BCUT2D eigenvalue weighted by Gasteiger charge is 2.27. The minimum absolute atomic E-state index is 0.138. The quantitative estimate of drug-likeness (QED) is 0.731. The zero-order valence-corrected chi connectivity index (χ0v) is 15.4. The van der Waals surface area contributed by atoms with Gasteiger partial charge in [0.2, 0.25) is 0 Å². The first kappa shape index (κ1) is 19.2. The highest BCUT2D eigenvalue weighted by atomic mass is 16.5. The van der Waals surface area contributed by atoms with Crippen LogP contribution in [0.5, 0.6) is 11.5 Å². The van der Waals surface area contributed by atoms with E-state index < -0.39 is 11.8 Å². The molecule has 0 aliphatic carbocycles. The van der Waals surface area contributed by atoms with Gasteiger partial charge in [-0.25, -0.2) is 0 Å². The molecule has 0 unspecified atom stereocenters. The predicted octanol–water partition coefficient (Wildman–Crippen LogP) is 1.20. The number of hydrogen-bond acceptors (Lipinski definition) is 5. The Kier molecular flexibility index (Phi) is 6.11. The van der Waals surface area contributed by atoms with Crippen LogP contribution in [-0.2, 0) is 20.8 Å². The average molecular weight is 383 g/mol. The summed E-state index contributed by atoms with van der Waals surface area (Å²) in [7, 11) is 0. The molecule has 2 aromatic rings. The van der Waals surface area contributed by atoms with Crippen molar-refractivity contribution < 1.29 is 23.9 Å². The Bertz CT molecular complexity index is 884. The molecule has 0 aromatic heterocycles. The molecular weight excluding hydrogens is 362 g/mol. The van der Waals surface area contributed by atoms with E-state index in [-0.39, 0.29) is 25.7 Å². The summed E-state index contributed by atoms with van der Waals surface area (Å²) in [6, 6.07) is 14.4. The Morgan fingerprint density at radius 2 is 1.89 bits per heavy atom. The van der Waals surface area contributed by atoms with Crippen LogP contribution in [0.2, 0.25) is 0 Å². The first-order valence-electron chi connectivity index (χ1n) is 8.88. The van der Waals surface area contributed by atoms with E-state index in [9.17, 15) is 14.4 Å². The standard InChI is InChI=1S/C20H21N3O5/c1-2-14-6-5-7-15(10-14)27-12-19(25)22-21-18(24)11-23-16-8-3-4-9-17(16)28-13-20(23)26/h3-10H,2,11-13H2,1H3,(H,21,24)(H,22,25). The van der Waals surface area contributed by atoms with Gasteiger partial charge < -0.3 is 9.47 Å². The van der Waals surface area contributed by atoms with Crippen molar-refractivity contribution in [1.82, 2.24) is 10.9 Å². The van der Waals surface area contributed by atoms with Gasteiger partial charge in [-0.1, -0.05) is 31.2 Å². The third kappa shape index (κ3) is 4.79. The fourth-order valence-corrected chi connectivity index (χ4v) is 2.69. The molecule has 8 heteroatoms. The normalized spacial score (nSPS) is 12.6. The van der Waals surface area contributed by atoms with Gasteiger partial charge in [-0.2, -0.15) is 0 Å². The lowest BCUT2D eigenvalue weighted by Gasteiger charge is -2.28. The smallest absolute Gasteiger partial charge is 0.276 e. The molecule has 0 radical (unpaired) electrons. The van der Waals surface area contributed by atoms with Crippen LogP contribution >= 0.6 is 0 Å². The molecule has 0 fully saturated rings. The van der Waals surface area contributed by atoms with Crippen LogP contribution in [0.4, 0.5) is 5.69 Å². The molecule has 28 heavy (non-hydrogen) atoms. The van der Waals surface area contributed by atoms with Crippen molar-refractivity contribution in [3.63, 3.8) is 0 Å². The van der Waals surface area contributed by atoms with E-state index in [1.807, 2.05) is 25.1 Å². The second kappa shape index (κ2) is 8.90. The van der Waals surface area contributed by atoms with E-state index in [0.717, 1.165) is 12.0 Å². The zero-order valence-electron chi connectivity index (χ0n) is 15.4. The molecular formula is C20H21N3O5. The lowest BCUT2D eigenvalue weighted by atomic mass is 10.2. The number of ether oxygens (including phenoxy) is 2. The highest BCUT2D eigenvalue weighted by Crippen LogP contribution is 2.31. The second-order valence-electron chi connectivity index (χ2n) is 6.12. The Labute approximate surface area is 162 Å². The lowest BCUT2D eigenvalue weighted by Crippen LogP contribution is -2.50. The van der Waals surface area contributed by atoms with Gasteiger partial charge in [0.05, 0.1) is 5.69 Å². The number of fused-ring (bicyclic) bond motifs is 1. The van der Waals surface area contributed by atoms with Crippen LogP contribution in [-0.4, -0.2) is 37.5 Å². The lowest BCUT2D eigenvalue weighted by molar-refractivity contribution is -0.130. The number of carbonyl (C=O) groups excluding carboxylic acids is 3. The Hall–Kier alpha value is -3.55. The molecule has 1 heterocycles. The number of anilines is 1. The summed E-state index contributed by atoms with van der Waals surface area (Å²) >= 11 is 0. The molecule has 1 aliphatic heterocycles.